The maximum absolute atomic E-state index is 13.4. The highest BCUT2D eigenvalue weighted by Gasteiger charge is 2.30. The number of ketones is 1. The van der Waals surface area contributed by atoms with Crippen molar-refractivity contribution >= 4 is 56.5 Å². The number of amides is 2. The smallest absolute Gasteiger partial charge is 0.244 e. The zero-order chi connectivity index (χ0) is 24.9. The maximum Gasteiger partial charge on any atom is 0.244 e. The molecule has 1 atom stereocenters. The van der Waals surface area contributed by atoms with Crippen LogP contribution in [0, 0.1) is 0 Å². The van der Waals surface area contributed by atoms with Gasteiger partial charge in [0.25, 0.3) is 0 Å². The van der Waals surface area contributed by atoms with Crippen LogP contribution in [0.2, 0.25) is 10.0 Å². The van der Waals surface area contributed by atoms with E-state index in [0.29, 0.717) is 21.2 Å². The van der Waals surface area contributed by atoms with Crippen molar-refractivity contribution < 1.29 is 22.8 Å². The van der Waals surface area contributed by atoms with Crippen molar-refractivity contribution in [2.75, 3.05) is 24.2 Å². The number of rotatable bonds is 9. The fourth-order valence-electron chi connectivity index (χ4n) is 3.14. The molecule has 2 amide bonds. The molecule has 33 heavy (non-hydrogen) atoms. The molecule has 0 spiro atoms. The Morgan fingerprint density at radius 2 is 1.64 bits per heavy atom. The Bertz CT molecular complexity index is 1150. The van der Waals surface area contributed by atoms with Crippen LogP contribution in [0.4, 0.5) is 5.69 Å². The number of likely N-dealkylation sites (N-methyl/N-ethyl adjacent to an activating group) is 1. The van der Waals surface area contributed by atoms with Crippen LogP contribution in [0.3, 0.4) is 0 Å². The second kappa shape index (κ2) is 11.0. The van der Waals surface area contributed by atoms with Gasteiger partial charge in [0.05, 0.1) is 11.9 Å². The van der Waals surface area contributed by atoms with E-state index in [0.717, 1.165) is 10.6 Å². The lowest BCUT2D eigenvalue weighted by atomic mass is 10.1. The summed E-state index contributed by atoms with van der Waals surface area (Å²) < 4.78 is 26.0. The number of Topliss-reactive ketones (excluding diaryl/α,β-unsaturated/α-hetero) is 1. The molecule has 0 heterocycles. The number of nitrogens with one attached hydrogen (secondary N) is 1. The third kappa shape index (κ3) is 6.69. The van der Waals surface area contributed by atoms with Gasteiger partial charge in [-0.2, -0.15) is 0 Å². The van der Waals surface area contributed by atoms with Crippen molar-refractivity contribution in [2.24, 2.45) is 0 Å². The molecule has 0 aliphatic rings. The molecule has 178 valence electrons. The van der Waals surface area contributed by atoms with E-state index >= 15 is 0 Å². The topological polar surface area (TPSA) is 104 Å². The van der Waals surface area contributed by atoms with E-state index in [1.807, 2.05) is 0 Å². The van der Waals surface area contributed by atoms with E-state index in [9.17, 15) is 22.8 Å². The Kier molecular flexibility index (Phi) is 8.88. The fourth-order valence-corrected chi connectivity index (χ4v) is 4.50. The van der Waals surface area contributed by atoms with Crippen molar-refractivity contribution in [1.29, 1.82) is 0 Å². The van der Waals surface area contributed by atoms with Crippen molar-refractivity contribution in [2.45, 2.75) is 26.4 Å². The minimum Gasteiger partial charge on any atom is -0.357 e. The van der Waals surface area contributed by atoms with Crippen molar-refractivity contribution in [3.8, 4) is 0 Å². The molecule has 0 aliphatic carbocycles. The number of sulfonamides is 1. The molecule has 1 N–H and O–H groups in total. The number of carbonyl (C=O) groups excluding carboxylic acids is 3. The summed E-state index contributed by atoms with van der Waals surface area (Å²) in [6.45, 7) is 2.17. The number of hydrogen-bond donors (Lipinski definition) is 1. The highest BCUT2D eigenvalue weighted by atomic mass is 35.5. The Balaban J connectivity index is 2.48. The summed E-state index contributed by atoms with van der Waals surface area (Å²) in [6.07, 6.45) is 0.957. The van der Waals surface area contributed by atoms with Crippen LogP contribution in [0.5, 0.6) is 0 Å². The van der Waals surface area contributed by atoms with Crippen LogP contribution in [0.1, 0.15) is 29.8 Å². The summed E-state index contributed by atoms with van der Waals surface area (Å²) >= 11 is 12.5. The summed E-state index contributed by atoms with van der Waals surface area (Å²) in [5.41, 5.74) is 0.878. The van der Waals surface area contributed by atoms with Gasteiger partial charge in [-0.1, -0.05) is 41.4 Å². The van der Waals surface area contributed by atoms with Crippen LogP contribution in [0.15, 0.2) is 42.5 Å². The van der Waals surface area contributed by atoms with E-state index in [2.05, 4.69) is 5.32 Å². The van der Waals surface area contributed by atoms with E-state index in [4.69, 9.17) is 23.2 Å². The second-order valence-corrected chi connectivity index (χ2v) is 10.1. The van der Waals surface area contributed by atoms with Crippen LogP contribution in [-0.2, 0) is 26.2 Å². The summed E-state index contributed by atoms with van der Waals surface area (Å²) in [5, 5.41) is 3.09. The summed E-state index contributed by atoms with van der Waals surface area (Å²) in [7, 11) is -2.48. The lowest BCUT2D eigenvalue weighted by Crippen LogP contribution is -2.50. The third-order valence-electron chi connectivity index (χ3n) is 5.02. The predicted molar refractivity (Wildman–Crippen MR) is 129 cm³/mol. The van der Waals surface area contributed by atoms with E-state index in [-0.39, 0.29) is 18.0 Å². The largest absolute Gasteiger partial charge is 0.357 e. The first-order chi connectivity index (χ1) is 15.4. The Morgan fingerprint density at radius 1 is 1.06 bits per heavy atom. The van der Waals surface area contributed by atoms with Crippen molar-refractivity contribution in [3.05, 3.63) is 63.6 Å². The zero-order valence-electron chi connectivity index (χ0n) is 18.6. The number of benzene rings is 2. The number of anilines is 1. The molecular weight excluding hydrogens is 489 g/mol. The van der Waals surface area contributed by atoms with Gasteiger partial charge in [0.2, 0.25) is 21.8 Å². The minimum absolute atomic E-state index is 0.114. The molecule has 2 aromatic carbocycles. The number of carbonyl (C=O) groups is 3. The van der Waals surface area contributed by atoms with Crippen LogP contribution in [-0.4, -0.2) is 56.8 Å². The van der Waals surface area contributed by atoms with Crippen LogP contribution >= 0.6 is 23.2 Å². The van der Waals surface area contributed by atoms with Crippen LogP contribution < -0.4 is 9.62 Å². The van der Waals surface area contributed by atoms with Gasteiger partial charge in [0.1, 0.15) is 12.6 Å². The molecule has 0 saturated carbocycles. The van der Waals surface area contributed by atoms with E-state index in [1.165, 1.54) is 44.0 Å². The second-order valence-electron chi connectivity index (χ2n) is 7.39. The van der Waals surface area contributed by atoms with Gasteiger partial charge < -0.3 is 10.2 Å². The van der Waals surface area contributed by atoms with Gasteiger partial charge in [0.15, 0.2) is 5.78 Å². The van der Waals surface area contributed by atoms with Crippen molar-refractivity contribution in [3.63, 3.8) is 0 Å². The summed E-state index contributed by atoms with van der Waals surface area (Å²) in [6, 6.07) is 9.87. The average molecular weight is 514 g/mol. The standard InChI is InChI=1S/C22H25Cl2N3O5S/c1-14(22(30)25-3)26(12-18-19(23)9-6-10-20(18)24)21(29)13-27(33(4,31)32)17-8-5-7-16(11-17)15(2)28/h5-11,14H,12-13H2,1-4H3,(H,25,30)/t14-/m1/s1. The van der Waals surface area contributed by atoms with Crippen LogP contribution in [0.25, 0.3) is 0 Å². The van der Waals surface area contributed by atoms with Crippen molar-refractivity contribution in [1.82, 2.24) is 10.2 Å². The number of nitrogens with zero attached hydrogens (tertiary/aromatic N) is 2. The number of hydrogen-bond acceptors (Lipinski definition) is 5. The molecule has 0 unspecified atom stereocenters. The molecule has 0 fully saturated rings. The van der Waals surface area contributed by atoms with E-state index < -0.39 is 34.4 Å². The molecule has 0 bridgehead atoms. The molecule has 8 nitrogen and oxygen atoms in total. The maximum atomic E-state index is 13.4. The minimum atomic E-state index is -3.91. The highest BCUT2D eigenvalue weighted by molar-refractivity contribution is 7.92. The lowest BCUT2D eigenvalue weighted by molar-refractivity contribution is -0.139. The van der Waals surface area contributed by atoms with Gasteiger partial charge in [0, 0.05) is 34.8 Å². The SMILES string of the molecule is CNC(=O)[C@@H](C)N(Cc1c(Cl)cccc1Cl)C(=O)CN(c1cccc(C(C)=O)c1)S(C)(=O)=O. The van der Waals surface area contributed by atoms with Gasteiger partial charge in [-0.3, -0.25) is 18.7 Å². The molecule has 2 rings (SSSR count). The molecule has 0 aromatic heterocycles. The number of halogens is 2. The van der Waals surface area contributed by atoms with Gasteiger partial charge >= 0.3 is 0 Å². The Hall–Kier alpha value is -2.62. The van der Waals surface area contributed by atoms with Gasteiger partial charge in [-0.25, -0.2) is 8.42 Å². The predicted octanol–water partition coefficient (Wildman–Crippen LogP) is 3.13. The van der Waals surface area contributed by atoms with Gasteiger partial charge in [-0.05, 0) is 38.1 Å². The quantitative estimate of drug-likeness (QED) is 0.518. The lowest BCUT2D eigenvalue weighted by Gasteiger charge is -2.31. The molecule has 2 aromatic rings. The summed E-state index contributed by atoms with van der Waals surface area (Å²) in [4.78, 5) is 38.7. The highest BCUT2D eigenvalue weighted by Crippen LogP contribution is 2.27. The molecular formula is C22H25Cl2N3O5S. The van der Waals surface area contributed by atoms with E-state index in [1.54, 1.807) is 24.3 Å². The summed E-state index contributed by atoms with van der Waals surface area (Å²) in [5.74, 6) is -1.35. The normalized spacial score (nSPS) is 12.1. The molecule has 0 radical (unpaired) electrons. The molecule has 0 saturated heterocycles. The Morgan fingerprint density at radius 3 is 2.15 bits per heavy atom. The monoisotopic (exact) mass is 513 g/mol. The first-order valence-corrected chi connectivity index (χ1v) is 12.5. The zero-order valence-corrected chi connectivity index (χ0v) is 21.0. The third-order valence-corrected chi connectivity index (χ3v) is 6.87. The fraction of sp³-hybridized carbons (Fsp3) is 0.318. The molecule has 11 heteroatoms. The Labute approximate surface area is 203 Å². The first-order valence-electron chi connectivity index (χ1n) is 9.89. The van der Waals surface area contributed by atoms with Gasteiger partial charge in [-0.15, -0.1) is 0 Å². The average Bonchev–Trinajstić information content (AvgIpc) is 2.75. The molecule has 0 aliphatic heterocycles. The first kappa shape index (κ1) is 26.6.